The molecule has 0 saturated carbocycles. The second-order valence-corrected chi connectivity index (χ2v) is 12.4. The Balaban J connectivity index is 1.41. The van der Waals surface area contributed by atoms with Crippen LogP contribution in [0.2, 0.25) is 0 Å². The first kappa shape index (κ1) is 25.8. The molecule has 0 aliphatic carbocycles. The first-order valence-electron chi connectivity index (χ1n) is 15.2. The van der Waals surface area contributed by atoms with Crippen LogP contribution in [0.3, 0.4) is 0 Å². The molecular formula is C42H27NOS. The lowest BCUT2D eigenvalue weighted by atomic mass is 9.97. The summed E-state index contributed by atoms with van der Waals surface area (Å²) in [5.74, 6) is 0. The van der Waals surface area contributed by atoms with Gasteiger partial charge in [-0.2, -0.15) is 0 Å². The zero-order valence-electron chi connectivity index (χ0n) is 24.4. The molecule has 0 radical (unpaired) electrons. The van der Waals surface area contributed by atoms with Gasteiger partial charge in [-0.05, 0) is 64.7 Å². The number of fused-ring (bicyclic) bond motifs is 7. The van der Waals surface area contributed by atoms with Crippen molar-refractivity contribution in [1.29, 1.82) is 0 Å². The number of hydrogen-bond donors (Lipinski definition) is 0. The Morgan fingerprint density at radius 3 is 1.69 bits per heavy atom. The summed E-state index contributed by atoms with van der Waals surface area (Å²) in [6.07, 6.45) is 0. The molecule has 0 saturated heterocycles. The molecule has 2 nitrogen and oxygen atoms in total. The van der Waals surface area contributed by atoms with Crippen molar-refractivity contribution in [1.82, 2.24) is 0 Å². The standard InChI is InChI=1S/C42H27NOS/c1-4-14-28(15-5-1)30-24-31(29-16-6-2-7-17-29)26-33(25-30)43(32-18-8-3-9-19-32)36-27-38-41(34-20-10-12-22-37(34)44-38)42-40(36)35-21-11-13-23-39(35)45-42/h1-27H. The predicted octanol–water partition coefficient (Wildman–Crippen LogP) is 12.8. The average molecular weight is 594 g/mol. The monoisotopic (exact) mass is 593 g/mol. The highest BCUT2D eigenvalue weighted by Gasteiger charge is 2.24. The summed E-state index contributed by atoms with van der Waals surface area (Å²) in [4.78, 5) is 2.41. The van der Waals surface area contributed by atoms with Crippen molar-refractivity contribution >= 4 is 70.5 Å². The van der Waals surface area contributed by atoms with Gasteiger partial charge >= 0.3 is 0 Å². The number of nitrogens with zero attached hydrogens (tertiary/aromatic N) is 1. The van der Waals surface area contributed by atoms with E-state index >= 15 is 0 Å². The summed E-state index contributed by atoms with van der Waals surface area (Å²) in [5.41, 5.74) is 9.80. The van der Waals surface area contributed by atoms with E-state index in [4.69, 9.17) is 4.42 Å². The van der Waals surface area contributed by atoms with E-state index in [1.54, 1.807) is 0 Å². The highest BCUT2D eigenvalue weighted by molar-refractivity contribution is 7.27. The average Bonchev–Trinajstić information content (AvgIpc) is 3.68. The molecule has 0 unspecified atom stereocenters. The van der Waals surface area contributed by atoms with Crippen molar-refractivity contribution < 1.29 is 4.42 Å². The number of para-hydroxylation sites is 2. The lowest BCUT2D eigenvalue weighted by Gasteiger charge is -2.28. The number of thiophene rings is 1. The molecule has 9 aromatic rings. The summed E-state index contributed by atoms with van der Waals surface area (Å²) >= 11 is 1.85. The summed E-state index contributed by atoms with van der Waals surface area (Å²) in [6.45, 7) is 0. The highest BCUT2D eigenvalue weighted by Crippen LogP contribution is 2.50. The smallest absolute Gasteiger partial charge is 0.138 e. The third-order valence-electron chi connectivity index (χ3n) is 8.61. The van der Waals surface area contributed by atoms with Crippen molar-refractivity contribution in [2.24, 2.45) is 0 Å². The molecule has 0 N–H and O–H groups in total. The van der Waals surface area contributed by atoms with Gasteiger partial charge in [-0.15, -0.1) is 11.3 Å². The molecule has 0 atom stereocenters. The van der Waals surface area contributed by atoms with E-state index in [9.17, 15) is 0 Å². The van der Waals surface area contributed by atoms with E-state index in [0.29, 0.717) is 0 Å². The van der Waals surface area contributed by atoms with E-state index in [0.717, 1.165) is 33.6 Å². The highest BCUT2D eigenvalue weighted by atomic mass is 32.1. The van der Waals surface area contributed by atoms with Crippen LogP contribution < -0.4 is 4.90 Å². The fourth-order valence-electron chi connectivity index (χ4n) is 6.59. The van der Waals surface area contributed by atoms with Crippen LogP contribution in [0.5, 0.6) is 0 Å². The predicted molar refractivity (Wildman–Crippen MR) is 192 cm³/mol. The van der Waals surface area contributed by atoms with Crippen molar-refractivity contribution in [3.05, 3.63) is 164 Å². The van der Waals surface area contributed by atoms with Gasteiger partial charge in [-0.3, -0.25) is 0 Å². The van der Waals surface area contributed by atoms with Gasteiger partial charge in [0.1, 0.15) is 11.2 Å². The molecule has 9 rings (SSSR count). The summed E-state index contributed by atoms with van der Waals surface area (Å²) in [7, 11) is 0. The maximum Gasteiger partial charge on any atom is 0.138 e. The van der Waals surface area contributed by atoms with Crippen molar-refractivity contribution in [2.45, 2.75) is 0 Å². The Bertz CT molecular complexity index is 2420. The zero-order valence-corrected chi connectivity index (χ0v) is 25.2. The van der Waals surface area contributed by atoms with Gasteiger partial charge in [0.05, 0.1) is 5.69 Å². The number of anilines is 3. The topological polar surface area (TPSA) is 16.4 Å². The van der Waals surface area contributed by atoms with E-state index in [1.165, 1.54) is 47.8 Å². The molecule has 3 heteroatoms. The van der Waals surface area contributed by atoms with Crippen LogP contribution in [-0.2, 0) is 0 Å². The summed E-state index contributed by atoms with van der Waals surface area (Å²) in [6, 6.07) is 58.4. The van der Waals surface area contributed by atoms with E-state index in [2.05, 4.69) is 163 Å². The molecule has 0 spiro atoms. The van der Waals surface area contributed by atoms with Crippen LogP contribution in [0.15, 0.2) is 168 Å². The number of hydrogen-bond acceptors (Lipinski definition) is 3. The van der Waals surface area contributed by atoms with Crippen LogP contribution in [-0.4, -0.2) is 0 Å². The minimum Gasteiger partial charge on any atom is -0.456 e. The van der Waals surface area contributed by atoms with Crippen LogP contribution in [0.4, 0.5) is 17.1 Å². The third kappa shape index (κ3) is 4.32. The first-order valence-corrected chi connectivity index (χ1v) is 16.0. The Morgan fingerprint density at radius 1 is 0.422 bits per heavy atom. The third-order valence-corrected chi connectivity index (χ3v) is 9.80. The maximum atomic E-state index is 6.59. The molecule has 0 aliphatic heterocycles. The van der Waals surface area contributed by atoms with Gasteiger partial charge in [0.2, 0.25) is 0 Å². The van der Waals surface area contributed by atoms with Crippen LogP contribution >= 0.6 is 11.3 Å². The Hall–Kier alpha value is -5.64. The molecule has 0 aliphatic rings. The second kappa shape index (κ2) is 10.5. The fraction of sp³-hybridized carbons (Fsp3) is 0. The lowest BCUT2D eigenvalue weighted by Crippen LogP contribution is -2.10. The van der Waals surface area contributed by atoms with Gasteiger partial charge in [-0.25, -0.2) is 0 Å². The van der Waals surface area contributed by atoms with E-state index < -0.39 is 0 Å². The van der Waals surface area contributed by atoms with Crippen LogP contribution in [0.1, 0.15) is 0 Å². The second-order valence-electron chi connectivity index (χ2n) is 11.3. The van der Waals surface area contributed by atoms with Gasteiger partial charge in [0, 0.05) is 48.4 Å². The Kier molecular flexibility index (Phi) is 6.03. The van der Waals surface area contributed by atoms with Crippen molar-refractivity contribution in [2.75, 3.05) is 4.90 Å². The molecule has 212 valence electrons. The molecule has 0 bridgehead atoms. The first-order chi connectivity index (χ1) is 22.3. The van der Waals surface area contributed by atoms with Gasteiger partial charge < -0.3 is 9.32 Å². The molecule has 2 aromatic heterocycles. The maximum absolute atomic E-state index is 6.59. The SMILES string of the molecule is c1ccc(-c2cc(-c3ccccc3)cc(N(c3ccccc3)c3cc4oc5ccccc5c4c4sc5ccccc5c34)c2)cc1. The molecule has 0 amide bonds. The lowest BCUT2D eigenvalue weighted by molar-refractivity contribution is 0.669. The van der Waals surface area contributed by atoms with Crippen molar-refractivity contribution in [3.63, 3.8) is 0 Å². The Morgan fingerprint density at radius 2 is 1.00 bits per heavy atom. The fourth-order valence-corrected chi connectivity index (χ4v) is 7.86. The summed E-state index contributed by atoms with van der Waals surface area (Å²) < 4.78 is 9.10. The largest absolute Gasteiger partial charge is 0.456 e. The number of rotatable bonds is 5. The molecule has 0 fully saturated rings. The number of benzene rings is 7. The van der Waals surface area contributed by atoms with Crippen LogP contribution in [0, 0.1) is 0 Å². The molecule has 45 heavy (non-hydrogen) atoms. The van der Waals surface area contributed by atoms with Crippen molar-refractivity contribution in [3.8, 4) is 22.3 Å². The van der Waals surface area contributed by atoms with Gasteiger partial charge in [0.25, 0.3) is 0 Å². The summed E-state index contributed by atoms with van der Waals surface area (Å²) in [5, 5.41) is 4.83. The normalized spacial score (nSPS) is 11.6. The van der Waals surface area contributed by atoms with Crippen LogP contribution in [0.25, 0.3) is 64.4 Å². The molecule has 7 aromatic carbocycles. The zero-order chi connectivity index (χ0) is 29.7. The van der Waals surface area contributed by atoms with Gasteiger partial charge in [-0.1, -0.05) is 115 Å². The Labute approximate surface area is 265 Å². The molecule has 2 heterocycles. The minimum absolute atomic E-state index is 0.897. The quantitative estimate of drug-likeness (QED) is 0.197. The van der Waals surface area contributed by atoms with E-state index in [-0.39, 0.29) is 0 Å². The molecular weight excluding hydrogens is 567 g/mol. The number of furan rings is 1. The minimum atomic E-state index is 0.897. The van der Waals surface area contributed by atoms with Gasteiger partial charge in [0.15, 0.2) is 0 Å². The van der Waals surface area contributed by atoms with E-state index in [1.807, 2.05) is 17.4 Å².